The summed E-state index contributed by atoms with van der Waals surface area (Å²) in [6, 6.07) is -0.780. The molecular weight excluding hydrogens is 296 g/mol. The highest BCUT2D eigenvalue weighted by Gasteiger charge is 2.46. The predicted octanol–water partition coefficient (Wildman–Crippen LogP) is -0.394. The van der Waals surface area contributed by atoms with Crippen LogP contribution in [0.2, 0.25) is 0 Å². The third kappa shape index (κ3) is 3.37. The number of sulfone groups is 1. The number of carboxylic acid groups (broad SMARTS) is 1. The van der Waals surface area contributed by atoms with E-state index in [2.05, 4.69) is 0 Å². The molecule has 1 amide bonds. The van der Waals surface area contributed by atoms with E-state index in [4.69, 9.17) is 10.8 Å². The molecule has 21 heavy (non-hydrogen) atoms. The van der Waals surface area contributed by atoms with Gasteiger partial charge in [0, 0.05) is 13.1 Å². The van der Waals surface area contributed by atoms with Crippen molar-refractivity contribution in [1.29, 1.82) is 0 Å². The van der Waals surface area contributed by atoms with Crippen LogP contribution in [0.15, 0.2) is 0 Å². The molecule has 0 radical (unpaired) electrons. The monoisotopic (exact) mass is 318 g/mol. The summed E-state index contributed by atoms with van der Waals surface area (Å²) in [6.07, 6.45) is 2.92. The summed E-state index contributed by atoms with van der Waals surface area (Å²) >= 11 is 0. The number of hydrogen-bond acceptors (Lipinski definition) is 5. The van der Waals surface area contributed by atoms with Gasteiger partial charge >= 0.3 is 5.97 Å². The molecule has 0 aromatic heterocycles. The average molecular weight is 318 g/mol. The third-order valence-electron chi connectivity index (χ3n) is 4.61. The maximum absolute atomic E-state index is 12.8. The minimum absolute atomic E-state index is 0.0703. The number of carbonyl (C=O) groups excluding carboxylic acids is 1. The summed E-state index contributed by atoms with van der Waals surface area (Å²) in [6.45, 7) is 0.301. The van der Waals surface area contributed by atoms with Gasteiger partial charge in [-0.3, -0.25) is 9.59 Å². The van der Waals surface area contributed by atoms with Gasteiger partial charge in [0.15, 0.2) is 9.84 Å². The first-order chi connectivity index (χ1) is 9.80. The number of rotatable bonds is 4. The second-order valence-electron chi connectivity index (χ2n) is 6.06. The van der Waals surface area contributed by atoms with Crippen molar-refractivity contribution >= 4 is 21.7 Å². The van der Waals surface area contributed by atoms with Crippen molar-refractivity contribution in [3.05, 3.63) is 0 Å². The van der Waals surface area contributed by atoms with E-state index in [1.165, 1.54) is 4.90 Å². The van der Waals surface area contributed by atoms with Crippen molar-refractivity contribution in [2.45, 2.75) is 38.1 Å². The van der Waals surface area contributed by atoms with Crippen LogP contribution in [0.3, 0.4) is 0 Å². The first-order valence-electron chi connectivity index (χ1n) is 7.23. The van der Waals surface area contributed by atoms with E-state index < -0.39 is 27.3 Å². The molecule has 1 heterocycles. The van der Waals surface area contributed by atoms with Crippen molar-refractivity contribution in [2.24, 2.45) is 11.1 Å². The molecule has 1 aliphatic heterocycles. The fourth-order valence-electron chi connectivity index (χ4n) is 3.39. The Morgan fingerprint density at radius 2 is 1.90 bits per heavy atom. The maximum Gasteiger partial charge on any atom is 0.305 e. The van der Waals surface area contributed by atoms with E-state index in [1.54, 1.807) is 0 Å². The number of nitrogens with zero attached hydrogens (tertiary/aromatic N) is 1. The van der Waals surface area contributed by atoms with E-state index >= 15 is 0 Å². The lowest BCUT2D eigenvalue weighted by atomic mass is 9.84. The highest BCUT2D eigenvalue weighted by Crippen LogP contribution is 2.39. The fourth-order valence-corrected chi connectivity index (χ4v) is 4.91. The lowest BCUT2D eigenvalue weighted by Gasteiger charge is -2.40. The summed E-state index contributed by atoms with van der Waals surface area (Å²) in [5.41, 5.74) is 5.17. The largest absolute Gasteiger partial charge is 0.481 e. The van der Waals surface area contributed by atoms with Crippen LogP contribution in [0.25, 0.3) is 0 Å². The zero-order chi connectivity index (χ0) is 15.7. The Balaban J connectivity index is 2.22. The Labute approximate surface area is 124 Å². The van der Waals surface area contributed by atoms with Gasteiger partial charge in [-0.15, -0.1) is 0 Å². The number of carbonyl (C=O) groups is 2. The van der Waals surface area contributed by atoms with Gasteiger partial charge in [-0.25, -0.2) is 8.42 Å². The third-order valence-corrected chi connectivity index (χ3v) is 6.30. The molecule has 7 nitrogen and oxygen atoms in total. The molecule has 120 valence electrons. The molecule has 2 fully saturated rings. The van der Waals surface area contributed by atoms with Crippen LogP contribution < -0.4 is 5.73 Å². The molecule has 2 rings (SSSR count). The summed E-state index contributed by atoms with van der Waals surface area (Å²) in [5, 5.41) is 8.96. The van der Waals surface area contributed by atoms with Crippen LogP contribution in [0.5, 0.6) is 0 Å². The molecule has 1 atom stereocenters. The molecule has 8 heteroatoms. The van der Waals surface area contributed by atoms with Crippen molar-refractivity contribution in [3.8, 4) is 0 Å². The SMILES string of the molecule is NCC1(C(=O)N2CCS(=O)(=O)CC2CC(=O)O)CCCC1. The van der Waals surface area contributed by atoms with Gasteiger partial charge in [-0.1, -0.05) is 12.8 Å². The fraction of sp³-hybridized carbons (Fsp3) is 0.846. The van der Waals surface area contributed by atoms with E-state index in [1.807, 2.05) is 0 Å². The molecule has 1 unspecified atom stereocenters. The van der Waals surface area contributed by atoms with Crippen molar-refractivity contribution in [1.82, 2.24) is 4.90 Å². The van der Waals surface area contributed by atoms with E-state index in [0.29, 0.717) is 12.8 Å². The van der Waals surface area contributed by atoms with Crippen molar-refractivity contribution < 1.29 is 23.1 Å². The zero-order valence-electron chi connectivity index (χ0n) is 12.0. The number of aliphatic carboxylic acids is 1. The molecule has 2 aliphatic rings. The molecule has 0 aromatic rings. The van der Waals surface area contributed by atoms with E-state index in [0.717, 1.165) is 12.8 Å². The molecule has 1 saturated heterocycles. The topological polar surface area (TPSA) is 118 Å². The minimum Gasteiger partial charge on any atom is -0.481 e. The van der Waals surface area contributed by atoms with Gasteiger partial charge in [0.1, 0.15) is 0 Å². The van der Waals surface area contributed by atoms with Crippen LogP contribution >= 0.6 is 0 Å². The highest BCUT2D eigenvalue weighted by atomic mass is 32.2. The summed E-state index contributed by atoms with van der Waals surface area (Å²) < 4.78 is 23.5. The molecule has 1 saturated carbocycles. The number of nitrogens with two attached hydrogens (primary N) is 1. The highest BCUT2D eigenvalue weighted by molar-refractivity contribution is 7.91. The van der Waals surface area contributed by atoms with Gasteiger partial charge in [0.2, 0.25) is 5.91 Å². The Morgan fingerprint density at radius 1 is 1.29 bits per heavy atom. The minimum atomic E-state index is -3.28. The Bertz CT molecular complexity index is 525. The average Bonchev–Trinajstić information content (AvgIpc) is 2.86. The van der Waals surface area contributed by atoms with E-state index in [9.17, 15) is 18.0 Å². The lowest BCUT2D eigenvalue weighted by molar-refractivity contribution is -0.146. The smallest absolute Gasteiger partial charge is 0.305 e. The van der Waals surface area contributed by atoms with Crippen molar-refractivity contribution in [3.63, 3.8) is 0 Å². The van der Waals surface area contributed by atoms with Crippen LogP contribution in [0.1, 0.15) is 32.1 Å². The second kappa shape index (κ2) is 5.92. The second-order valence-corrected chi connectivity index (χ2v) is 8.28. The Morgan fingerprint density at radius 3 is 2.43 bits per heavy atom. The van der Waals surface area contributed by atoms with Gasteiger partial charge < -0.3 is 15.7 Å². The number of carboxylic acids is 1. The molecule has 0 spiro atoms. The first-order valence-corrected chi connectivity index (χ1v) is 9.05. The molecule has 3 N–H and O–H groups in total. The standard InChI is InChI=1S/C13H22N2O5S/c14-9-13(3-1-2-4-13)12(18)15-5-6-21(19,20)8-10(15)7-11(16)17/h10H,1-9,14H2,(H,16,17). The maximum atomic E-state index is 12.8. The summed E-state index contributed by atoms with van der Waals surface area (Å²) in [5.74, 6) is -1.63. The Hall–Kier alpha value is -1.15. The summed E-state index contributed by atoms with van der Waals surface area (Å²) in [4.78, 5) is 25.2. The van der Waals surface area contributed by atoms with Gasteiger partial charge in [0.25, 0.3) is 0 Å². The van der Waals surface area contributed by atoms with Crippen LogP contribution in [0.4, 0.5) is 0 Å². The van der Waals surface area contributed by atoms with Crippen LogP contribution in [0, 0.1) is 5.41 Å². The van der Waals surface area contributed by atoms with Gasteiger partial charge in [0.05, 0.1) is 29.4 Å². The molecule has 1 aliphatic carbocycles. The van der Waals surface area contributed by atoms with Gasteiger partial charge in [-0.2, -0.15) is 0 Å². The molecular formula is C13H22N2O5S. The van der Waals surface area contributed by atoms with Gasteiger partial charge in [-0.05, 0) is 12.8 Å². The number of amides is 1. The van der Waals surface area contributed by atoms with Crippen molar-refractivity contribution in [2.75, 3.05) is 24.6 Å². The lowest BCUT2D eigenvalue weighted by Crippen LogP contribution is -2.57. The molecule has 0 aromatic carbocycles. The first kappa shape index (κ1) is 16.2. The number of hydrogen-bond donors (Lipinski definition) is 2. The molecule has 0 bridgehead atoms. The van der Waals surface area contributed by atoms with E-state index in [-0.39, 0.29) is 36.9 Å². The quantitative estimate of drug-likeness (QED) is 0.728. The normalized spacial score (nSPS) is 27.5. The zero-order valence-corrected chi connectivity index (χ0v) is 12.8. The van der Waals surface area contributed by atoms with Crippen LogP contribution in [-0.4, -0.2) is 60.9 Å². The van der Waals surface area contributed by atoms with Crippen LogP contribution in [-0.2, 0) is 19.4 Å². The summed E-state index contributed by atoms with van der Waals surface area (Å²) in [7, 11) is -3.28. The predicted molar refractivity (Wildman–Crippen MR) is 76.4 cm³/mol. The Kier molecular flexibility index (Phi) is 4.57.